The van der Waals surface area contributed by atoms with Crippen molar-refractivity contribution >= 4 is 0 Å². The number of hydrogen-bond donors (Lipinski definition) is 1. The van der Waals surface area contributed by atoms with E-state index in [1.807, 2.05) is 0 Å². The van der Waals surface area contributed by atoms with E-state index in [1.54, 1.807) is 0 Å². The minimum atomic E-state index is 0.373. The Morgan fingerprint density at radius 2 is 2.55 bits per heavy atom. The van der Waals surface area contributed by atoms with Gasteiger partial charge in [-0.3, -0.25) is 0 Å². The maximum atomic E-state index is 5.55. The van der Waals surface area contributed by atoms with Crippen LogP contribution in [-0.2, 0) is 4.74 Å². The first-order valence-electron chi connectivity index (χ1n) is 4.70. The van der Waals surface area contributed by atoms with E-state index >= 15 is 0 Å². The molecule has 0 aromatic carbocycles. The molecule has 2 aliphatic heterocycles. The molecule has 0 aromatic rings. The van der Waals surface area contributed by atoms with Gasteiger partial charge in [-0.15, -0.1) is 0 Å². The molecular weight excluding hydrogens is 138 g/mol. The predicted octanol–water partition coefficient (Wildman–Crippen LogP) is 1.31. The van der Waals surface area contributed by atoms with Crippen LogP contribution in [-0.4, -0.2) is 24.8 Å². The van der Waals surface area contributed by atoms with E-state index in [0.29, 0.717) is 11.6 Å². The number of nitrogens with one attached hydrogen (secondary N) is 1. The van der Waals surface area contributed by atoms with Gasteiger partial charge < -0.3 is 10.1 Å². The Balaban J connectivity index is 2.01. The maximum absolute atomic E-state index is 5.55. The zero-order valence-electron chi connectivity index (χ0n) is 7.23. The first kappa shape index (κ1) is 7.56. The molecule has 2 unspecified atom stereocenters. The van der Waals surface area contributed by atoms with Crippen LogP contribution in [0.3, 0.4) is 0 Å². The molecule has 2 fully saturated rings. The highest BCUT2D eigenvalue weighted by Gasteiger charge is 2.41. The van der Waals surface area contributed by atoms with Gasteiger partial charge in [0.05, 0.1) is 13.2 Å². The topological polar surface area (TPSA) is 21.3 Å². The zero-order valence-corrected chi connectivity index (χ0v) is 7.23. The van der Waals surface area contributed by atoms with Crippen molar-refractivity contribution < 1.29 is 4.74 Å². The number of rotatable bonds is 2. The molecule has 2 saturated heterocycles. The van der Waals surface area contributed by atoms with Crippen molar-refractivity contribution in [1.82, 2.24) is 5.32 Å². The molecule has 0 saturated carbocycles. The lowest BCUT2D eigenvalue weighted by molar-refractivity contribution is 0.0266. The Morgan fingerprint density at radius 1 is 1.64 bits per heavy atom. The van der Waals surface area contributed by atoms with Gasteiger partial charge in [0.25, 0.3) is 0 Å². The van der Waals surface area contributed by atoms with Crippen LogP contribution in [0.4, 0.5) is 0 Å². The number of morpholine rings is 1. The van der Waals surface area contributed by atoms with Gasteiger partial charge in [-0.05, 0) is 19.3 Å². The minimum Gasteiger partial charge on any atom is -0.378 e. The third-order valence-electron chi connectivity index (χ3n) is 2.91. The first-order chi connectivity index (χ1) is 5.35. The monoisotopic (exact) mass is 155 g/mol. The molecule has 2 rings (SSSR count). The van der Waals surface area contributed by atoms with Gasteiger partial charge >= 0.3 is 0 Å². The molecule has 0 aromatic heterocycles. The van der Waals surface area contributed by atoms with Crippen LogP contribution in [0.15, 0.2) is 0 Å². The third-order valence-corrected chi connectivity index (χ3v) is 2.91. The predicted molar refractivity (Wildman–Crippen MR) is 44.6 cm³/mol. The maximum Gasteiger partial charge on any atom is 0.0649 e. The molecule has 2 heteroatoms. The quantitative estimate of drug-likeness (QED) is 0.649. The fraction of sp³-hybridized carbons (Fsp3) is 1.00. The molecule has 0 aliphatic carbocycles. The molecule has 0 radical (unpaired) electrons. The van der Waals surface area contributed by atoms with Crippen LogP contribution < -0.4 is 5.32 Å². The third kappa shape index (κ3) is 1.30. The van der Waals surface area contributed by atoms with Gasteiger partial charge in [0.15, 0.2) is 0 Å². The Bertz CT molecular complexity index is 139. The molecule has 11 heavy (non-hydrogen) atoms. The summed E-state index contributed by atoms with van der Waals surface area (Å²) in [5.41, 5.74) is 0.373. The molecule has 0 amide bonds. The van der Waals surface area contributed by atoms with Gasteiger partial charge in [0.1, 0.15) is 0 Å². The van der Waals surface area contributed by atoms with Crippen molar-refractivity contribution in [2.24, 2.45) is 0 Å². The SMILES string of the molecule is CCCC12CCC(COC1)N2. The highest BCUT2D eigenvalue weighted by atomic mass is 16.5. The van der Waals surface area contributed by atoms with Crippen LogP contribution in [0.1, 0.15) is 32.6 Å². The highest BCUT2D eigenvalue weighted by molar-refractivity contribution is 5.00. The summed E-state index contributed by atoms with van der Waals surface area (Å²) in [6, 6.07) is 0.662. The molecule has 2 atom stereocenters. The summed E-state index contributed by atoms with van der Waals surface area (Å²) in [4.78, 5) is 0. The normalized spacial score (nSPS) is 42.8. The van der Waals surface area contributed by atoms with E-state index in [1.165, 1.54) is 25.7 Å². The second kappa shape index (κ2) is 2.76. The molecule has 0 spiro atoms. The van der Waals surface area contributed by atoms with E-state index in [2.05, 4.69) is 12.2 Å². The van der Waals surface area contributed by atoms with Crippen molar-refractivity contribution in [3.63, 3.8) is 0 Å². The van der Waals surface area contributed by atoms with Crippen molar-refractivity contribution in [3.8, 4) is 0 Å². The van der Waals surface area contributed by atoms with Gasteiger partial charge in [-0.2, -0.15) is 0 Å². The van der Waals surface area contributed by atoms with Gasteiger partial charge in [0, 0.05) is 11.6 Å². The van der Waals surface area contributed by atoms with E-state index in [4.69, 9.17) is 4.74 Å². The van der Waals surface area contributed by atoms with Crippen LogP contribution in [0, 0.1) is 0 Å². The first-order valence-corrected chi connectivity index (χ1v) is 4.70. The molecule has 2 bridgehead atoms. The van der Waals surface area contributed by atoms with E-state index in [0.717, 1.165) is 13.2 Å². The van der Waals surface area contributed by atoms with Crippen LogP contribution >= 0.6 is 0 Å². The van der Waals surface area contributed by atoms with E-state index < -0.39 is 0 Å². The molecule has 2 heterocycles. The Morgan fingerprint density at radius 3 is 3.36 bits per heavy atom. The second-order valence-corrected chi connectivity index (χ2v) is 3.93. The zero-order chi connectivity index (χ0) is 7.73. The van der Waals surface area contributed by atoms with Gasteiger partial charge in [0.2, 0.25) is 0 Å². The fourth-order valence-corrected chi connectivity index (χ4v) is 2.41. The van der Waals surface area contributed by atoms with Crippen molar-refractivity contribution in [2.45, 2.75) is 44.2 Å². The van der Waals surface area contributed by atoms with Crippen molar-refractivity contribution in [3.05, 3.63) is 0 Å². The van der Waals surface area contributed by atoms with Gasteiger partial charge in [-0.1, -0.05) is 13.3 Å². The van der Waals surface area contributed by atoms with Crippen LogP contribution in [0.5, 0.6) is 0 Å². The average Bonchev–Trinajstić information content (AvgIpc) is 2.28. The van der Waals surface area contributed by atoms with Crippen molar-refractivity contribution in [2.75, 3.05) is 13.2 Å². The van der Waals surface area contributed by atoms with E-state index in [9.17, 15) is 0 Å². The fourth-order valence-electron chi connectivity index (χ4n) is 2.41. The molecule has 64 valence electrons. The molecule has 1 N–H and O–H groups in total. The summed E-state index contributed by atoms with van der Waals surface area (Å²) in [7, 11) is 0. The number of hydrogen-bond acceptors (Lipinski definition) is 2. The molecule has 2 nitrogen and oxygen atoms in total. The van der Waals surface area contributed by atoms with E-state index in [-0.39, 0.29) is 0 Å². The molecule has 2 aliphatic rings. The summed E-state index contributed by atoms with van der Waals surface area (Å²) in [5, 5.41) is 3.68. The second-order valence-electron chi connectivity index (χ2n) is 3.93. The summed E-state index contributed by atoms with van der Waals surface area (Å²) in [5.74, 6) is 0. The standard InChI is InChI=1S/C9H17NO/c1-2-4-9-5-3-8(10-9)6-11-7-9/h8,10H,2-7H2,1H3. The smallest absolute Gasteiger partial charge is 0.0649 e. The Hall–Kier alpha value is -0.0800. The largest absolute Gasteiger partial charge is 0.378 e. The van der Waals surface area contributed by atoms with Crippen LogP contribution in [0.2, 0.25) is 0 Å². The minimum absolute atomic E-state index is 0.373. The van der Waals surface area contributed by atoms with Gasteiger partial charge in [-0.25, -0.2) is 0 Å². The number of ether oxygens (including phenoxy) is 1. The lowest BCUT2D eigenvalue weighted by Crippen LogP contribution is -2.52. The summed E-state index contributed by atoms with van der Waals surface area (Å²) < 4.78 is 5.55. The lowest BCUT2D eigenvalue weighted by atomic mass is 9.93. The Labute approximate surface area is 68.3 Å². The Kier molecular flexibility index (Phi) is 1.90. The molecular formula is C9H17NO. The van der Waals surface area contributed by atoms with Crippen molar-refractivity contribution in [1.29, 1.82) is 0 Å². The lowest BCUT2D eigenvalue weighted by Gasteiger charge is -2.34. The highest BCUT2D eigenvalue weighted by Crippen LogP contribution is 2.31. The summed E-state index contributed by atoms with van der Waals surface area (Å²) in [6.07, 6.45) is 5.19. The van der Waals surface area contributed by atoms with Crippen LogP contribution in [0.25, 0.3) is 0 Å². The summed E-state index contributed by atoms with van der Waals surface area (Å²) >= 11 is 0. The average molecular weight is 155 g/mol. The summed E-state index contributed by atoms with van der Waals surface area (Å²) in [6.45, 7) is 4.13. The number of fused-ring (bicyclic) bond motifs is 2.